The van der Waals surface area contributed by atoms with Crippen molar-refractivity contribution in [2.75, 3.05) is 13.7 Å². The first-order valence-corrected chi connectivity index (χ1v) is 14.9. The highest BCUT2D eigenvalue weighted by Crippen LogP contribution is 2.66. The molecule has 0 bridgehead atoms. The predicted molar refractivity (Wildman–Crippen MR) is 147 cm³/mol. The fraction of sp³-hybridized carbons (Fsp3) is 0.767. The fourth-order valence-corrected chi connectivity index (χ4v) is 9.28. The molecule has 0 saturated heterocycles. The number of rotatable bonds is 8. The van der Waals surface area contributed by atoms with Gasteiger partial charge in [0.15, 0.2) is 11.4 Å². The molecule has 8 atom stereocenters. The van der Waals surface area contributed by atoms with Crippen LogP contribution < -0.4 is 0 Å². The molecular formula is C30H41ClF3N3O3. The number of nitrogens with zero attached hydrogens (tertiary/aromatic N) is 3. The number of ketones is 1. The molecular weight excluding hydrogens is 543 g/mol. The Hall–Kier alpha value is -1.71. The molecule has 0 radical (unpaired) electrons. The lowest BCUT2D eigenvalue weighted by Gasteiger charge is -2.59. The van der Waals surface area contributed by atoms with Gasteiger partial charge in [-0.2, -0.15) is 13.2 Å². The molecule has 10 heteroatoms. The van der Waals surface area contributed by atoms with Crippen molar-refractivity contribution in [2.45, 2.75) is 90.5 Å². The molecule has 0 amide bonds. The summed E-state index contributed by atoms with van der Waals surface area (Å²) in [7, 11) is 1.61. The highest BCUT2D eigenvalue weighted by Gasteiger charge is 2.62. The Morgan fingerprint density at radius 2 is 1.93 bits per heavy atom. The van der Waals surface area contributed by atoms with E-state index in [1.165, 1.54) is 6.92 Å². The van der Waals surface area contributed by atoms with Crippen LogP contribution in [0.4, 0.5) is 13.2 Å². The maximum atomic E-state index is 13.9. The van der Waals surface area contributed by atoms with Gasteiger partial charge in [0.1, 0.15) is 12.1 Å². The SMILES string of the molecule is CC[C@@](O)(C[C@H]1CC[C@@H]2[C@H](CC[C@]3(C)[C@@H](C(=O)Cn4nnc5ccc(Cl)cc54)CC[C@@H]23)[C@]1(C)COC)C(F)(F)F. The van der Waals surface area contributed by atoms with E-state index in [1.807, 2.05) is 0 Å². The zero-order valence-corrected chi connectivity index (χ0v) is 24.6. The summed E-state index contributed by atoms with van der Waals surface area (Å²) in [5, 5.41) is 19.6. The number of alkyl halides is 3. The number of hydrogen-bond acceptors (Lipinski definition) is 5. The van der Waals surface area contributed by atoms with E-state index in [-0.39, 0.29) is 48.3 Å². The van der Waals surface area contributed by atoms with E-state index in [0.29, 0.717) is 35.4 Å². The predicted octanol–water partition coefficient (Wildman–Crippen LogP) is 6.87. The first kappa shape index (κ1) is 29.8. The van der Waals surface area contributed by atoms with Crippen molar-refractivity contribution in [1.82, 2.24) is 15.0 Å². The number of carbonyl (C=O) groups excluding carboxylic acids is 1. The Kier molecular flexibility index (Phi) is 7.84. The molecule has 5 rings (SSSR count). The fourth-order valence-electron chi connectivity index (χ4n) is 9.12. The Balaban J connectivity index is 1.36. The zero-order valence-electron chi connectivity index (χ0n) is 23.8. The molecule has 1 heterocycles. The van der Waals surface area contributed by atoms with Gasteiger partial charge in [-0.05, 0) is 104 Å². The number of ether oxygens (including phenoxy) is 1. The van der Waals surface area contributed by atoms with Crippen molar-refractivity contribution >= 4 is 28.4 Å². The maximum Gasteiger partial charge on any atom is 0.417 e. The van der Waals surface area contributed by atoms with Crippen molar-refractivity contribution in [2.24, 2.45) is 40.4 Å². The van der Waals surface area contributed by atoms with Crippen molar-refractivity contribution in [1.29, 1.82) is 0 Å². The lowest BCUT2D eigenvalue weighted by atomic mass is 9.46. The summed E-state index contributed by atoms with van der Waals surface area (Å²) in [5.74, 6) is 0.594. The van der Waals surface area contributed by atoms with Crippen molar-refractivity contribution in [3.8, 4) is 0 Å². The monoisotopic (exact) mass is 583 g/mol. The van der Waals surface area contributed by atoms with E-state index in [1.54, 1.807) is 30.0 Å². The van der Waals surface area contributed by atoms with Crippen LogP contribution in [0.1, 0.15) is 72.1 Å². The summed E-state index contributed by atoms with van der Waals surface area (Å²) < 4.78 is 49.0. The van der Waals surface area contributed by atoms with Crippen LogP contribution in [-0.4, -0.2) is 51.4 Å². The second kappa shape index (κ2) is 10.5. The molecule has 1 N–H and O–H groups in total. The number of aliphatic hydroxyl groups is 1. The van der Waals surface area contributed by atoms with Gasteiger partial charge >= 0.3 is 6.18 Å². The molecule has 0 aliphatic heterocycles. The molecule has 1 aromatic carbocycles. The van der Waals surface area contributed by atoms with Crippen LogP contribution in [0.5, 0.6) is 0 Å². The number of carbonyl (C=O) groups is 1. The third-order valence-corrected chi connectivity index (χ3v) is 11.6. The van der Waals surface area contributed by atoms with E-state index in [0.717, 1.165) is 37.6 Å². The Morgan fingerprint density at radius 3 is 2.60 bits per heavy atom. The summed E-state index contributed by atoms with van der Waals surface area (Å²) in [6.45, 7) is 6.24. The van der Waals surface area contributed by atoms with Crippen molar-refractivity contribution in [3.63, 3.8) is 0 Å². The largest absolute Gasteiger partial charge is 0.417 e. The number of methoxy groups -OCH3 is 1. The molecule has 3 aliphatic carbocycles. The van der Waals surface area contributed by atoms with Gasteiger partial charge in [0, 0.05) is 18.1 Å². The van der Waals surface area contributed by atoms with Crippen LogP contribution in [0.25, 0.3) is 11.0 Å². The molecule has 2 aromatic rings. The molecule has 222 valence electrons. The van der Waals surface area contributed by atoms with Gasteiger partial charge < -0.3 is 9.84 Å². The Morgan fingerprint density at radius 1 is 1.18 bits per heavy atom. The number of Topliss-reactive ketones (excluding diaryl/α,β-unsaturated/α-hetero) is 1. The molecule has 3 fully saturated rings. The number of aromatic nitrogens is 3. The van der Waals surface area contributed by atoms with Gasteiger partial charge in [-0.3, -0.25) is 4.79 Å². The van der Waals surface area contributed by atoms with Gasteiger partial charge in [0.2, 0.25) is 0 Å². The van der Waals surface area contributed by atoms with Crippen LogP contribution >= 0.6 is 11.6 Å². The smallest absolute Gasteiger partial charge is 0.384 e. The standard InChI is InChI=1S/C30H41ClF3N3O3/c1-5-29(39,30(32,33)34)15-18-6-8-20-21-9-10-23(27(21,2)13-12-22(20)28(18,3)17-40-4)26(38)16-37-25-14-19(31)7-11-24(25)35-36-37/h7,11,14,18,20-23,39H,5-6,8-10,12-13,15-17H2,1-4H3/t18-,20+,21+,22+,23-,27+,28-,29-/m1/s1. The molecule has 0 unspecified atom stereocenters. The van der Waals surface area contributed by atoms with Crippen LogP contribution in [0.3, 0.4) is 0 Å². The number of fused-ring (bicyclic) bond motifs is 4. The number of benzene rings is 1. The minimum atomic E-state index is -4.67. The van der Waals surface area contributed by atoms with E-state index in [4.69, 9.17) is 16.3 Å². The average Bonchev–Trinajstić information content (AvgIpc) is 3.45. The Bertz CT molecular complexity index is 1250. The lowest BCUT2D eigenvalue weighted by Crippen LogP contribution is -2.56. The molecule has 1 aromatic heterocycles. The van der Waals surface area contributed by atoms with Gasteiger partial charge in [-0.1, -0.05) is 37.6 Å². The van der Waals surface area contributed by atoms with Gasteiger partial charge in [0.25, 0.3) is 0 Å². The number of hydrogen-bond donors (Lipinski definition) is 1. The molecule has 3 aliphatic rings. The van der Waals surface area contributed by atoms with E-state index >= 15 is 0 Å². The van der Waals surface area contributed by atoms with Gasteiger partial charge in [0.05, 0.1) is 12.1 Å². The minimum absolute atomic E-state index is 0.0984. The Labute approximate surface area is 239 Å². The first-order chi connectivity index (χ1) is 18.8. The zero-order chi connectivity index (χ0) is 29.1. The van der Waals surface area contributed by atoms with Gasteiger partial charge in [-0.25, -0.2) is 4.68 Å². The van der Waals surface area contributed by atoms with E-state index < -0.39 is 17.2 Å². The highest BCUT2D eigenvalue weighted by atomic mass is 35.5. The minimum Gasteiger partial charge on any atom is -0.384 e. The second-order valence-corrected chi connectivity index (χ2v) is 13.6. The third-order valence-electron chi connectivity index (χ3n) is 11.4. The second-order valence-electron chi connectivity index (χ2n) is 13.2. The van der Waals surface area contributed by atoms with Crippen LogP contribution in [0.2, 0.25) is 5.02 Å². The van der Waals surface area contributed by atoms with E-state index in [2.05, 4.69) is 24.2 Å². The van der Waals surface area contributed by atoms with Crippen LogP contribution in [-0.2, 0) is 16.1 Å². The summed E-state index contributed by atoms with van der Waals surface area (Å²) in [6, 6.07) is 5.33. The summed E-state index contributed by atoms with van der Waals surface area (Å²) in [6.07, 6.45) is -0.443. The molecule has 6 nitrogen and oxygen atoms in total. The van der Waals surface area contributed by atoms with Gasteiger partial charge in [-0.15, -0.1) is 5.10 Å². The summed E-state index contributed by atoms with van der Waals surface area (Å²) in [5.41, 5.74) is -1.90. The quantitative estimate of drug-likeness (QED) is 0.367. The maximum absolute atomic E-state index is 13.9. The topological polar surface area (TPSA) is 77.2 Å². The third kappa shape index (κ3) is 4.77. The number of halogens is 4. The van der Waals surface area contributed by atoms with Crippen LogP contribution in [0.15, 0.2) is 18.2 Å². The van der Waals surface area contributed by atoms with Crippen molar-refractivity contribution < 1.29 is 27.8 Å². The summed E-state index contributed by atoms with van der Waals surface area (Å²) in [4.78, 5) is 13.8. The molecule has 0 spiro atoms. The van der Waals surface area contributed by atoms with E-state index in [9.17, 15) is 23.1 Å². The highest BCUT2D eigenvalue weighted by molar-refractivity contribution is 6.31. The van der Waals surface area contributed by atoms with Crippen molar-refractivity contribution in [3.05, 3.63) is 23.2 Å². The average molecular weight is 584 g/mol. The molecule has 40 heavy (non-hydrogen) atoms. The van der Waals surface area contributed by atoms with Crippen LogP contribution in [0, 0.1) is 40.4 Å². The normalized spacial score (nSPS) is 35.8. The summed E-state index contributed by atoms with van der Waals surface area (Å²) >= 11 is 6.18. The molecule has 3 saturated carbocycles. The lowest BCUT2D eigenvalue weighted by molar-refractivity contribution is -0.274. The first-order valence-electron chi connectivity index (χ1n) is 14.6.